The largest absolute Gasteiger partial charge is 0.199 e. The minimum Gasteiger partial charge on any atom is -0.195 e. The van der Waals surface area contributed by atoms with E-state index in [1.54, 1.807) is 6.08 Å². The third-order valence-corrected chi connectivity index (χ3v) is 6.13. The molecule has 0 N–H and O–H groups in total. The molecule has 2 heteroatoms. The highest BCUT2D eigenvalue weighted by molar-refractivity contribution is 5.22. The van der Waals surface area contributed by atoms with E-state index in [1.807, 2.05) is 6.08 Å². The van der Waals surface area contributed by atoms with Crippen molar-refractivity contribution in [1.29, 1.82) is 5.26 Å². The third-order valence-electron chi connectivity index (χ3n) is 6.13. The van der Waals surface area contributed by atoms with E-state index in [4.69, 9.17) is 5.26 Å². The number of halogens is 1. The van der Waals surface area contributed by atoms with E-state index >= 15 is 0 Å². The molecule has 0 spiro atoms. The van der Waals surface area contributed by atoms with Crippen LogP contribution in [-0.2, 0) is 12.8 Å². The molecule has 0 atom stereocenters. The molecule has 0 aromatic heterocycles. The highest BCUT2D eigenvalue weighted by Gasteiger charge is 2.20. The molecule has 0 unspecified atom stereocenters. The van der Waals surface area contributed by atoms with Crippen LogP contribution in [0.5, 0.6) is 0 Å². The lowest BCUT2D eigenvalue weighted by Gasteiger charge is -2.28. The Morgan fingerprint density at radius 3 is 2.21 bits per heavy atom. The molecule has 1 saturated carbocycles. The fraction of sp³-hybridized carbons (Fsp3) is 0.577. The minimum atomic E-state index is -0.720. The molecule has 1 aliphatic rings. The first-order chi connectivity index (χ1) is 13.7. The van der Waals surface area contributed by atoms with Gasteiger partial charge in [-0.1, -0.05) is 81.9 Å². The molecule has 28 heavy (non-hydrogen) atoms. The molecule has 1 aromatic carbocycles. The molecule has 1 aromatic rings. The third kappa shape index (κ3) is 8.87. The topological polar surface area (TPSA) is 23.8 Å². The van der Waals surface area contributed by atoms with Crippen LogP contribution in [0, 0.1) is 23.2 Å². The van der Waals surface area contributed by atoms with Gasteiger partial charge in [-0.05, 0) is 67.6 Å². The number of nitrogens with zero attached hydrogens (tertiary/aromatic N) is 1. The molecular formula is C26H36FN. The maximum Gasteiger partial charge on any atom is 0.199 e. The Morgan fingerprint density at radius 1 is 1.00 bits per heavy atom. The van der Waals surface area contributed by atoms with Crippen molar-refractivity contribution in [2.45, 2.75) is 84.0 Å². The first-order valence-electron chi connectivity index (χ1n) is 11.2. The SMILES string of the molecule is CCCCCc1ccc(CC[C@H]2CC[C@H](CC/C=C/C=C(\F)C#N)CC2)cc1. The van der Waals surface area contributed by atoms with Crippen LogP contribution in [0.2, 0.25) is 0 Å². The molecule has 1 nitrogen and oxygen atoms in total. The van der Waals surface area contributed by atoms with Crippen LogP contribution in [0.3, 0.4) is 0 Å². The van der Waals surface area contributed by atoms with Gasteiger partial charge in [0, 0.05) is 0 Å². The number of hydrogen-bond donors (Lipinski definition) is 0. The second-order valence-corrected chi connectivity index (χ2v) is 8.33. The van der Waals surface area contributed by atoms with Crippen molar-refractivity contribution in [1.82, 2.24) is 0 Å². The zero-order chi connectivity index (χ0) is 20.0. The summed E-state index contributed by atoms with van der Waals surface area (Å²) >= 11 is 0. The van der Waals surface area contributed by atoms with Gasteiger partial charge in [-0.15, -0.1) is 0 Å². The van der Waals surface area contributed by atoms with E-state index in [9.17, 15) is 4.39 Å². The summed E-state index contributed by atoms with van der Waals surface area (Å²) in [5.74, 6) is 0.972. The number of hydrogen-bond acceptors (Lipinski definition) is 1. The highest BCUT2D eigenvalue weighted by atomic mass is 19.1. The van der Waals surface area contributed by atoms with Crippen LogP contribution in [0.4, 0.5) is 4.39 Å². The number of rotatable bonds is 11. The molecule has 1 fully saturated rings. The molecule has 152 valence electrons. The summed E-state index contributed by atoms with van der Waals surface area (Å²) in [5, 5.41) is 8.36. The quantitative estimate of drug-likeness (QED) is 0.217. The smallest absolute Gasteiger partial charge is 0.195 e. The van der Waals surface area contributed by atoms with Crippen molar-refractivity contribution in [2.24, 2.45) is 11.8 Å². The Kier molecular flexibility index (Phi) is 10.7. The van der Waals surface area contributed by atoms with Crippen molar-refractivity contribution in [3.05, 3.63) is 59.4 Å². The van der Waals surface area contributed by atoms with E-state index in [0.717, 1.165) is 18.3 Å². The Bertz CT molecular complexity index is 642. The van der Waals surface area contributed by atoms with Crippen molar-refractivity contribution >= 4 is 0 Å². The second kappa shape index (κ2) is 13.3. The number of allylic oxidation sites excluding steroid dienone is 4. The maximum atomic E-state index is 12.7. The van der Waals surface area contributed by atoms with Crippen LogP contribution in [0.25, 0.3) is 0 Å². The molecule has 0 bridgehead atoms. The molecule has 0 amide bonds. The molecule has 0 saturated heterocycles. The molecule has 1 aliphatic carbocycles. The summed E-state index contributed by atoms with van der Waals surface area (Å²) in [6.07, 6.45) is 20.1. The Balaban J connectivity index is 1.60. The molecule has 0 aliphatic heterocycles. The highest BCUT2D eigenvalue weighted by Crippen LogP contribution is 2.34. The van der Waals surface area contributed by atoms with Gasteiger partial charge in [0.1, 0.15) is 6.07 Å². The lowest BCUT2D eigenvalue weighted by atomic mass is 9.78. The fourth-order valence-electron chi connectivity index (χ4n) is 4.25. The van der Waals surface area contributed by atoms with Crippen molar-refractivity contribution in [3.63, 3.8) is 0 Å². The number of unbranched alkanes of at least 4 members (excludes halogenated alkanes) is 2. The normalized spacial score (nSPS) is 20.4. The summed E-state index contributed by atoms with van der Waals surface area (Å²) in [6.45, 7) is 2.26. The Morgan fingerprint density at radius 2 is 1.61 bits per heavy atom. The van der Waals surface area contributed by atoms with E-state index in [2.05, 4.69) is 31.2 Å². The second-order valence-electron chi connectivity index (χ2n) is 8.33. The van der Waals surface area contributed by atoms with E-state index in [1.165, 1.54) is 93.9 Å². The summed E-state index contributed by atoms with van der Waals surface area (Å²) in [5.41, 5.74) is 2.97. The molecule has 0 radical (unpaired) electrons. The standard InChI is InChI=1S/C26H36FN/c1-2-3-5-8-22-11-15-24(16-12-22)19-20-25-17-13-23(14-18-25)9-6-4-7-10-26(27)21-28/h4,7,10-12,15-16,23,25H,2-3,5-6,8-9,13-14,17-20H2,1H3/b7-4+,26-10-/t23-,25-. The molecular weight excluding hydrogens is 345 g/mol. The monoisotopic (exact) mass is 381 g/mol. The average molecular weight is 382 g/mol. The number of benzene rings is 1. The van der Waals surface area contributed by atoms with Gasteiger partial charge < -0.3 is 0 Å². The van der Waals surface area contributed by atoms with Crippen LogP contribution in [0.1, 0.15) is 82.3 Å². The van der Waals surface area contributed by atoms with Crippen LogP contribution >= 0.6 is 0 Å². The van der Waals surface area contributed by atoms with Gasteiger partial charge >= 0.3 is 0 Å². The number of aryl methyl sites for hydroxylation is 2. The van der Waals surface area contributed by atoms with Crippen molar-refractivity contribution < 1.29 is 4.39 Å². The van der Waals surface area contributed by atoms with Crippen LogP contribution in [0.15, 0.2) is 48.3 Å². The van der Waals surface area contributed by atoms with Crippen LogP contribution in [-0.4, -0.2) is 0 Å². The van der Waals surface area contributed by atoms with Gasteiger partial charge in [0.2, 0.25) is 0 Å². The predicted molar refractivity (Wildman–Crippen MR) is 117 cm³/mol. The van der Waals surface area contributed by atoms with E-state index in [0.29, 0.717) is 0 Å². The Hall–Kier alpha value is -1.88. The lowest BCUT2D eigenvalue weighted by molar-refractivity contribution is 0.254. The maximum absolute atomic E-state index is 12.7. The average Bonchev–Trinajstić information content (AvgIpc) is 2.74. The van der Waals surface area contributed by atoms with Gasteiger partial charge in [0.15, 0.2) is 5.83 Å². The van der Waals surface area contributed by atoms with E-state index in [-0.39, 0.29) is 0 Å². The first kappa shape index (κ1) is 22.4. The van der Waals surface area contributed by atoms with Gasteiger partial charge in [-0.3, -0.25) is 0 Å². The van der Waals surface area contributed by atoms with Gasteiger partial charge in [-0.25, -0.2) is 0 Å². The first-order valence-corrected chi connectivity index (χ1v) is 11.2. The summed E-state index contributed by atoms with van der Waals surface area (Å²) < 4.78 is 12.7. The zero-order valence-electron chi connectivity index (χ0n) is 17.5. The summed E-state index contributed by atoms with van der Waals surface area (Å²) in [7, 11) is 0. The van der Waals surface area contributed by atoms with E-state index < -0.39 is 5.83 Å². The zero-order valence-corrected chi connectivity index (χ0v) is 17.5. The minimum absolute atomic E-state index is 0.720. The summed E-state index contributed by atoms with van der Waals surface area (Å²) in [4.78, 5) is 0. The van der Waals surface area contributed by atoms with Crippen molar-refractivity contribution in [2.75, 3.05) is 0 Å². The fourth-order valence-corrected chi connectivity index (χ4v) is 4.25. The van der Waals surface area contributed by atoms with Gasteiger partial charge in [0.05, 0.1) is 0 Å². The van der Waals surface area contributed by atoms with Crippen LogP contribution < -0.4 is 0 Å². The summed E-state index contributed by atoms with van der Waals surface area (Å²) in [6, 6.07) is 10.8. The Labute approximate surface area is 171 Å². The number of nitriles is 1. The lowest BCUT2D eigenvalue weighted by Crippen LogP contribution is -2.15. The van der Waals surface area contributed by atoms with Gasteiger partial charge in [0.25, 0.3) is 0 Å². The molecule has 0 heterocycles. The molecule has 2 rings (SSSR count). The predicted octanol–water partition coefficient (Wildman–Crippen LogP) is 7.87. The van der Waals surface area contributed by atoms with Gasteiger partial charge in [-0.2, -0.15) is 9.65 Å². The van der Waals surface area contributed by atoms with Crippen molar-refractivity contribution in [3.8, 4) is 6.07 Å².